The number of hydrogen-bond acceptors (Lipinski definition) is 12. The van der Waals surface area contributed by atoms with Gasteiger partial charge in [-0.05, 0) is 48.0 Å². The van der Waals surface area contributed by atoms with Crippen molar-refractivity contribution in [2.75, 3.05) is 39.6 Å². The van der Waals surface area contributed by atoms with E-state index < -0.39 is 52.5 Å². The van der Waals surface area contributed by atoms with Crippen LogP contribution in [-0.4, -0.2) is 85.4 Å². The molecule has 0 aromatic carbocycles. The molecule has 0 aliphatic carbocycles. The average molecular weight is 827 g/mol. The number of allylic oxidation sites excluding steroid dienone is 5. The maximum absolute atomic E-state index is 12.6. The van der Waals surface area contributed by atoms with Crippen LogP contribution in [0.4, 0.5) is 0 Å². The van der Waals surface area contributed by atoms with Gasteiger partial charge >= 0.3 is 52.5 Å². The Bertz CT molecular complexity index is 1690. The lowest BCUT2D eigenvalue weighted by molar-refractivity contribution is 0.0704. The van der Waals surface area contributed by atoms with Gasteiger partial charge in [0.05, 0.1) is 32.7 Å². The highest BCUT2D eigenvalue weighted by Crippen LogP contribution is 2.18. The van der Waals surface area contributed by atoms with Crippen LogP contribution in [0, 0.1) is 0 Å². The molecule has 56 heavy (non-hydrogen) atoms. The van der Waals surface area contributed by atoms with E-state index in [1.807, 2.05) is 41.5 Å². The predicted octanol–water partition coefficient (Wildman–Crippen LogP) is 1.53. The zero-order valence-corrected chi connectivity index (χ0v) is 36.1. The highest BCUT2D eigenvalue weighted by atomic mass is 28.4. The van der Waals surface area contributed by atoms with E-state index in [0.717, 1.165) is 27.4 Å². The lowest BCUT2D eigenvalue weighted by atomic mass is 10.4. The van der Waals surface area contributed by atoms with Crippen molar-refractivity contribution >= 4 is 18.3 Å². The molecule has 2 heterocycles. The lowest BCUT2D eigenvalue weighted by Gasteiger charge is -2.28. The Morgan fingerprint density at radius 1 is 0.446 bits per heavy atom. The standard InChI is InChI=1S/C18H31N3O6Si.C12H15N3O3.C6H16O3Si/c1-6-12-19-16(22)20(13-7-2)18(24)21(17(19)23)14-11-15-28(25-8-3,26-9-4)27-10-5;1-4-7-13-10(16)14(8-5-2)12(18)15(9-6-3)11(13)17;1-4-7-10(8-5-2)9-6-3/h6-7H,1-2,8-15H2,3-5H3;4-6H,1-3,7-9H2;10H,4-6H2,1-3H3. The molecule has 2 rings (SSSR count). The van der Waals surface area contributed by atoms with Crippen molar-refractivity contribution in [1.82, 2.24) is 27.4 Å². The van der Waals surface area contributed by atoms with Gasteiger partial charge in [0.25, 0.3) is 0 Å². The molecule has 0 unspecified atom stereocenters. The van der Waals surface area contributed by atoms with Crippen LogP contribution in [0.2, 0.25) is 6.04 Å². The highest BCUT2D eigenvalue weighted by molar-refractivity contribution is 6.60. The Morgan fingerprint density at radius 2 is 0.696 bits per heavy atom. The smallest absolute Gasteiger partial charge is 0.376 e. The van der Waals surface area contributed by atoms with E-state index >= 15 is 0 Å². The second-order valence-corrected chi connectivity index (χ2v) is 15.4. The van der Waals surface area contributed by atoms with E-state index in [1.165, 1.54) is 30.4 Å². The zero-order chi connectivity index (χ0) is 42.7. The summed E-state index contributed by atoms with van der Waals surface area (Å²) in [5, 5.41) is 0. The molecule has 0 fully saturated rings. The summed E-state index contributed by atoms with van der Waals surface area (Å²) in [4.78, 5) is 73.5. The lowest BCUT2D eigenvalue weighted by Crippen LogP contribution is -2.54. The maximum atomic E-state index is 12.6. The summed E-state index contributed by atoms with van der Waals surface area (Å²) in [5.41, 5.74) is -3.98. The van der Waals surface area contributed by atoms with Crippen LogP contribution in [0.1, 0.15) is 48.0 Å². The van der Waals surface area contributed by atoms with E-state index in [1.54, 1.807) is 0 Å². The summed E-state index contributed by atoms with van der Waals surface area (Å²) in [6, 6.07) is 0.455. The molecule has 18 nitrogen and oxygen atoms in total. The van der Waals surface area contributed by atoms with Gasteiger partial charge in [0.1, 0.15) is 0 Å². The van der Waals surface area contributed by atoms with Gasteiger partial charge in [-0.15, -0.1) is 32.9 Å². The van der Waals surface area contributed by atoms with Gasteiger partial charge < -0.3 is 26.6 Å². The fourth-order valence-corrected chi connectivity index (χ4v) is 8.69. The summed E-state index contributed by atoms with van der Waals surface area (Å²) >= 11 is 0. The van der Waals surface area contributed by atoms with Crippen molar-refractivity contribution in [3.05, 3.63) is 126 Å². The van der Waals surface area contributed by atoms with E-state index in [-0.39, 0.29) is 39.3 Å². The topological polar surface area (TPSA) is 187 Å². The van der Waals surface area contributed by atoms with Crippen LogP contribution >= 0.6 is 0 Å². The van der Waals surface area contributed by atoms with Crippen LogP contribution < -0.4 is 34.1 Å². The molecule has 0 atom stereocenters. The number of rotatable bonds is 26. The monoisotopic (exact) mass is 826 g/mol. The van der Waals surface area contributed by atoms with Gasteiger partial charge in [-0.1, -0.05) is 30.4 Å². The number of nitrogens with zero attached hydrogens (tertiary/aromatic N) is 6. The molecular weight excluding hydrogens is 765 g/mol. The molecule has 0 spiro atoms. The molecule has 0 aliphatic rings. The number of hydrogen-bond donors (Lipinski definition) is 0. The molecule has 0 bridgehead atoms. The van der Waals surface area contributed by atoms with Gasteiger partial charge in [-0.3, -0.25) is 0 Å². The van der Waals surface area contributed by atoms with E-state index in [9.17, 15) is 28.8 Å². The van der Waals surface area contributed by atoms with Crippen molar-refractivity contribution in [2.45, 2.75) is 93.3 Å². The molecule has 0 amide bonds. The summed E-state index contributed by atoms with van der Waals surface area (Å²) in [5.74, 6) is 0. The Balaban J connectivity index is 0.000000918. The van der Waals surface area contributed by atoms with Gasteiger partial charge in [-0.25, -0.2) is 56.2 Å². The molecule has 316 valence electrons. The maximum Gasteiger partial charge on any atom is 0.500 e. The van der Waals surface area contributed by atoms with Crippen LogP contribution in [0.5, 0.6) is 0 Å². The molecule has 20 heteroatoms. The van der Waals surface area contributed by atoms with Gasteiger partial charge in [-0.2, -0.15) is 0 Å². The Kier molecular flexibility index (Phi) is 26.8. The Morgan fingerprint density at radius 3 is 0.911 bits per heavy atom. The molecular formula is C36H62N6O12Si2. The first-order chi connectivity index (χ1) is 26.8. The van der Waals surface area contributed by atoms with Crippen molar-refractivity contribution in [2.24, 2.45) is 0 Å². The third kappa shape index (κ3) is 15.7. The third-order valence-corrected chi connectivity index (χ3v) is 12.2. The average Bonchev–Trinajstić information content (AvgIpc) is 3.16. The normalized spacial score (nSPS) is 10.9. The quantitative estimate of drug-likeness (QED) is 0.0985. The minimum absolute atomic E-state index is 0.0185. The SMILES string of the molecule is C=CCn1c(=O)n(CC=C)c(=O)n(CC=C)c1=O.C=CCn1c(=O)n(CC=C)c(=O)n(CCC[Si](OCC)(OCC)OCC)c1=O.CCO[SiH](OCC)OCC. The molecule has 0 saturated heterocycles. The van der Waals surface area contributed by atoms with E-state index in [2.05, 4.69) is 32.9 Å². The molecule has 0 N–H and O–H groups in total. The summed E-state index contributed by atoms with van der Waals surface area (Å²) in [6.45, 7) is 32.6. The Labute approximate surface area is 330 Å². The van der Waals surface area contributed by atoms with E-state index in [0.29, 0.717) is 52.1 Å². The van der Waals surface area contributed by atoms with Crippen molar-refractivity contribution in [3.63, 3.8) is 0 Å². The summed E-state index contributed by atoms with van der Waals surface area (Å²) < 4.78 is 38.9. The largest absolute Gasteiger partial charge is 0.500 e. The second kappa shape index (κ2) is 29.0. The van der Waals surface area contributed by atoms with E-state index in [4.69, 9.17) is 26.6 Å². The summed E-state index contributed by atoms with van der Waals surface area (Å²) in [7, 11) is -4.61. The fraction of sp³-hybridized carbons (Fsp3) is 0.556. The van der Waals surface area contributed by atoms with Gasteiger partial charge in [0.2, 0.25) is 0 Å². The third-order valence-electron chi connectivity index (χ3n) is 7.19. The van der Waals surface area contributed by atoms with Gasteiger partial charge in [0.15, 0.2) is 0 Å². The number of aromatic nitrogens is 6. The first-order valence-electron chi connectivity index (χ1n) is 18.5. The molecule has 2 aromatic heterocycles. The minimum atomic E-state index is -2.88. The minimum Gasteiger partial charge on any atom is -0.376 e. The van der Waals surface area contributed by atoms with Crippen LogP contribution in [-0.2, 0) is 65.8 Å². The van der Waals surface area contributed by atoms with Crippen LogP contribution in [0.15, 0.2) is 92.0 Å². The zero-order valence-electron chi connectivity index (χ0n) is 34.0. The molecule has 0 aliphatic heterocycles. The first kappa shape index (κ1) is 51.7. The van der Waals surface area contributed by atoms with Crippen molar-refractivity contribution in [1.29, 1.82) is 0 Å². The second-order valence-electron chi connectivity index (χ2n) is 11.1. The molecule has 0 saturated carbocycles. The van der Waals surface area contributed by atoms with Crippen LogP contribution in [0.3, 0.4) is 0 Å². The van der Waals surface area contributed by atoms with Crippen molar-refractivity contribution in [3.8, 4) is 0 Å². The highest BCUT2D eigenvalue weighted by Gasteiger charge is 2.39. The Hall–Kier alpha value is -4.29. The van der Waals surface area contributed by atoms with Crippen LogP contribution in [0.25, 0.3) is 0 Å². The molecule has 0 radical (unpaired) electrons. The van der Waals surface area contributed by atoms with Crippen molar-refractivity contribution < 1.29 is 26.6 Å². The first-order valence-corrected chi connectivity index (χ1v) is 21.9. The fourth-order valence-electron chi connectivity index (χ4n) is 4.99. The van der Waals surface area contributed by atoms with Gasteiger partial charge in [0, 0.05) is 52.2 Å². The predicted molar refractivity (Wildman–Crippen MR) is 222 cm³/mol. The summed E-state index contributed by atoms with van der Waals surface area (Å²) in [6.07, 6.45) is 7.57. The molecule has 2 aromatic rings.